The Kier molecular flexibility index (Phi) is 38.6. The number of carboxylic acid groups (broad SMARTS) is 1. The van der Waals surface area contributed by atoms with Gasteiger partial charge in [0.15, 0.2) is 0 Å². The Hall–Kier alpha value is -13.4. The minimum Gasteiger partial charge on any atom is -0.508 e. The van der Waals surface area contributed by atoms with Gasteiger partial charge in [0, 0.05) is 102 Å². The molecule has 130 heavy (non-hydrogen) atoms. The van der Waals surface area contributed by atoms with Crippen molar-refractivity contribution in [1.29, 1.82) is 0 Å². The average molecular weight is 1830 g/mol. The number of fused-ring (bicyclic) bond motifs is 1. The molecular weight excluding hydrogens is 1710 g/mol. The topological polar surface area (TPSA) is 500 Å². The van der Waals surface area contributed by atoms with Crippen molar-refractivity contribution in [2.75, 3.05) is 66.4 Å². The van der Waals surface area contributed by atoms with Crippen molar-refractivity contribution in [2.24, 2.45) is 17.6 Å². The number of H-pyrrole nitrogens is 1. The third-order valence-corrected chi connectivity index (χ3v) is 23.4. The number of phenolic OH excluding ortho intramolecular Hbond substituents is 2. The van der Waals surface area contributed by atoms with Crippen LogP contribution < -0.4 is 53.6 Å². The molecule has 1 aliphatic rings. The van der Waals surface area contributed by atoms with Gasteiger partial charge in [0.2, 0.25) is 88.6 Å². The SMILES string of the molecule is CCCC[C@H]1C(=O)N(C)CC(=O)N[C@@H](CC(=O)O)C(=O)N[C@@H](C(C)C)C(=O)N(C)[C@@H](Cc2ccccc2)C(=O)N[C@@H](Cc2ccc(O)cc2)C(=O)N(C)CC(=O)N[C@@H](Cc2c[nH]c3ccc(Cl)cc23)C(=O)N[C@@H](Cc2ccc(O)cc2)C(=O)N[C@@H](CC(C)C)C(=O)N[C@H](C(=O)NCC(N)=O)CSCC(=O)N[C@@H](Cc2ccccc2)C(=O)N(C)[C@@H](Cc2ccccc2)C(=O)N1C. The first-order valence-electron chi connectivity index (χ1n) is 42.8. The van der Waals surface area contributed by atoms with Gasteiger partial charge < -0.3 is 98.4 Å². The number of aliphatic carboxylic acids is 1. The molecule has 1 aromatic heterocycles. The number of benzene rings is 6. The maximum absolute atomic E-state index is 15.5. The normalized spacial score (nSPS) is 21.8. The second-order valence-corrected chi connectivity index (χ2v) is 34.7. The van der Waals surface area contributed by atoms with Crippen LogP contribution in [0.5, 0.6) is 11.5 Å². The summed E-state index contributed by atoms with van der Waals surface area (Å²) in [6.45, 7) is 6.12. The van der Waals surface area contributed by atoms with Crippen LogP contribution in [0, 0.1) is 11.8 Å². The van der Waals surface area contributed by atoms with Crippen molar-refractivity contribution in [2.45, 2.75) is 172 Å². The number of carbonyl (C=O) groups is 16. The Morgan fingerprint density at radius 2 is 0.938 bits per heavy atom. The number of aromatic amines is 1. The van der Waals surface area contributed by atoms with Crippen molar-refractivity contribution in [1.82, 2.24) is 77.3 Å². The van der Waals surface area contributed by atoms with Crippen molar-refractivity contribution in [3.63, 3.8) is 0 Å². The van der Waals surface area contributed by atoms with Gasteiger partial charge in [-0.25, -0.2) is 0 Å². The van der Waals surface area contributed by atoms with Gasteiger partial charge in [0.1, 0.15) is 78.0 Å². The van der Waals surface area contributed by atoms with E-state index in [-0.39, 0.29) is 68.8 Å². The number of nitrogens with zero attached hydrogens (tertiary/aromatic N) is 5. The molecule has 1 fully saturated rings. The third kappa shape index (κ3) is 30.7. The predicted octanol–water partition coefficient (Wildman–Crippen LogP) is 2.98. The van der Waals surface area contributed by atoms with Crippen molar-refractivity contribution in [3.05, 3.63) is 202 Å². The molecule has 0 spiro atoms. The Labute approximate surface area is 763 Å². The number of hydrogen-bond donors (Lipinski definition) is 14. The van der Waals surface area contributed by atoms with Crippen LogP contribution in [-0.2, 0) is 115 Å². The molecule has 0 saturated carbocycles. The summed E-state index contributed by atoms with van der Waals surface area (Å²) in [5.74, 6) is -17.6. The molecule has 15 N–H and O–H groups in total. The monoisotopic (exact) mass is 1830 g/mol. The maximum Gasteiger partial charge on any atom is 0.305 e. The average Bonchev–Trinajstić information content (AvgIpc) is 1.77. The Morgan fingerprint density at radius 3 is 1.47 bits per heavy atom. The van der Waals surface area contributed by atoms with Crippen LogP contribution >= 0.6 is 23.4 Å². The molecule has 696 valence electrons. The van der Waals surface area contributed by atoms with E-state index in [0.29, 0.717) is 62.1 Å². The lowest BCUT2D eigenvalue weighted by atomic mass is 9.98. The minimum atomic E-state index is -1.91. The number of carboxylic acids is 1. The zero-order valence-corrected chi connectivity index (χ0v) is 76.0. The Bertz CT molecular complexity index is 5130. The molecule has 2 heterocycles. The minimum absolute atomic E-state index is 0.0272. The Balaban J connectivity index is 1.22. The standard InChI is InChI=1S/C93H117ClN16O19S/c1-11-12-28-74-91(127)107(7)51-79(115)99-70(47-81(117)118)87(123)105-82(55(4)5)93(129)109(9)75(43-57-24-18-14-19-25-57)88(124)103-71(42-60-31-36-64(112)37-32-60)89(125)106(6)50-78(114)98-69(45-61-48-96-66-38-33-62(94)46-65(61)66)86(122)102-68(40-59-29-34-63(111)35-30-59)85(121)101-67(39-54(2)3)84(120)104-73(83(119)97-49-77(95)113)52-130-53-80(116)100-72(41-56-22-16-13-17-23-56)90(126)110(10)76(92(128)108(74)8)44-58-26-20-15-21-27-58/h13-27,29-38,46,48,54-55,67-76,82,96,111-112H,11-12,28,39-45,47,49-53H2,1-10H3,(H2,95,113)(H,97,119)(H,98,114)(H,99,115)(H,100,116)(H,101,121)(H,102,122)(H,103,124)(H,104,120)(H,105,123)(H,117,118)/t67-,68-,69-,70-,71-,72-,73-,74-,75-,76-,82-/m0/s1. The van der Waals surface area contributed by atoms with Gasteiger partial charge in [-0.1, -0.05) is 174 Å². The molecule has 11 atom stereocenters. The van der Waals surface area contributed by atoms with E-state index in [1.165, 1.54) is 93.6 Å². The first-order chi connectivity index (χ1) is 61.8. The number of aromatic nitrogens is 1. The lowest BCUT2D eigenvalue weighted by Crippen LogP contribution is -2.61. The molecule has 15 amide bonds. The fraction of sp³-hybridized carbons (Fsp3) is 0.419. The molecule has 0 bridgehead atoms. The summed E-state index contributed by atoms with van der Waals surface area (Å²) < 4.78 is 0. The second kappa shape index (κ2) is 49.2. The zero-order chi connectivity index (χ0) is 95.2. The van der Waals surface area contributed by atoms with Crippen molar-refractivity contribution in [3.8, 4) is 11.5 Å². The predicted molar refractivity (Wildman–Crippen MR) is 487 cm³/mol. The number of thioether (sulfide) groups is 1. The van der Waals surface area contributed by atoms with Crippen molar-refractivity contribution < 1.29 is 92.0 Å². The summed E-state index contributed by atoms with van der Waals surface area (Å²) >= 11 is 7.36. The molecule has 0 unspecified atom stereocenters. The molecular formula is C93H117ClN16O19S. The molecule has 8 rings (SSSR count). The number of halogens is 1. The van der Waals surface area contributed by atoms with Crippen LogP contribution in [0.4, 0.5) is 0 Å². The maximum atomic E-state index is 15.5. The van der Waals surface area contributed by atoms with Gasteiger partial charge in [-0.15, -0.1) is 11.8 Å². The lowest BCUT2D eigenvalue weighted by Gasteiger charge is -2.37. The van der Waals surface area contributed by atoms with Crippen LogP contribution in [0.3, 0.4) is 0 Å². The quantitative estimate of drug-likeness (QED) is 0.0438. The van der Waals surface area contributed by atoms with Crippen LogP contribution in [0.2, 0.25) is 5.02 Å². The second-order valence-electron chi connectivity index (χ2n) is 33.2. The summed E-state index contributed by atoms with van der Waals surface area (Å²) in [6.07, 6.45) is -0.0801. The molecule has 7 aromatic rings. The fourth-order valence-electron chi connectivity index (χ4n) is 15.0. The zero-order valence-electron chi connectivity index (χ0n) is 74.4. The van der Waals surface area contributed by atoms with Gasteiger partial charge in [-0.05, 0) is 101 Å². The number of amides is 15. The fourth-order valence-corrected chi connectivity index (χ4v) is 16.0. The molecule has 1 aliphatic heterocycles. The number of nitrogens with two attached hydrogens (primary N) is 1. The highest BCUT2D eigenvalue weighted by Crippen LogP contribution is 2.26. The van der Waals surface area contributed by atoms with Crippen LogP contribution in [-0.4, -0.2) is 272 Å². The molecule has 35 nitrogen and oxygen atoms in total. The number of rotatable bonds is 23. The largest absolute Gasteiger partial charge is 0.508 e. The van der Waals surface area contributed by atoms with Gasteiger partial charge in [0.25, 0.3) is 0 Å². The van der Waals surface area contributed by atoms with E-state index in [2.05, 4.69) is 52.8 Å². The molecule has 6 aromatic carbocycles. The first kappa shape index (κ1) is 102. The van der Waals surface area contributed by atoms with Crippen LogP contribution in [0.15, 0.2) is 164 Å². The van der Waals surface area contributed by atoms with E-state index in [1.54, 1.807) is 143 Å². The smallest absolute Gasteiger partial charge is 0.305 e. The van der Waals surface area contributed by atoms with Gasteiger partial charge >= 0.3 is 5.97 Å². The van der Waals surface area contributed by atoms with E-state index in [1.807, 2.05) is 6.92 Å². The highest BCUT2D eigenvalue weighted by molar-refractivity contribution is 8.00. The van der Waals surface area contributed by atoms with Gasteiger partial charge in [0.05, 0.1) is 31.8 Å². The van der Waals surface area contributed by atoms with E-state index < -0.39 is 205 Å². The van der Waals surface area contributed by atoms with E-state index >= 15 is 38.4 Å². The third-order valence-electron chi connectivity index (χ3n) is 22.1. The highest BCUT2D eigenvalue weighted by atomic mass is 35.5. The molecule has 37 heteroatoms. The number of unbranched alkanes of at least 4 members (excludes halogenated alkanes) is 1. The summed E-state index contributed by atoms with van der Waals surface area (Å²) in [4.78, 5) is 244. The number of nitrogens with one attached hydrogen (secondary N) is 10. The van der Waals surface area contributed by atoms with Crippen molar-refractivity contribution >= 4 is 129 Å². The number of primary amides is 1. The number of hydrogen-bond acceptors (Lipinski definition) is 19. The summed E-state index contributed by atoms with van der Waals surface area (Å²) in [6, 6.07) is 24.8. The Morgan fingerprint density at radius 1 is 0.485 bits per heavy atom. The summed E-state index contributed by atoms with van der Waals surface area (Å²) in [5, 5.41) is 55.7. The lowest BCUT2D eigenvalue weighted by molar-refractivity contribution is -0.151. The number of aromatic hydroxyl groups is 2. The number of carbonyl (C=O) groups excluding carboxylic acids is 15. The van der Waals surface area contributed by atoms with Crippen LogP contribution in [0.25, 0.3) is 10.9 Å². The first-order valence-corrected chi connectivity index (χ1v) is 44.3. The number of likely N-dealkylation sites (N-methyl/N-ethyl adjacent to an activating group) is 5. The van der Waals surface area contributed by atoms with E-state index in [4.69, 9.17) is 17.3 Å². The highest BCUT2D eigenvalue weighted by Gasteiger charge is 2.42. The van der Waals surface area contributed by atoms with Crippen LogP contribution in [0.1, 0.15) is 100 Å². The summed E-state index contributed by atoms with van der Waals surface area (Å²) in [5.41, 5.74) is 8.92. The summed E-state index contributed by atoms with van der Waals surface area (Å²) in [7, 11) is 6.51. The molecule has 0 aliphatic carbocycles. The van der Waals surface area contributed by atoms with Gasteiger partial charge in [-0.3, -0.25) is 76.7 Å². The molecule has 0 radical (unpaired) electrons. The van der Waals surface area contributed by atoms with E-state index in [9.17, 15) is 53.7 Å². The van der Waals surface area contributed by atoms with Gasteiger partial charge in [-0.2, -0.15) is 0 Å². The van der Waals surface area contributed by atoms with E-state index in [0.717, 1.165) is 26.5 Å². The number of phenols is 2. The molecule has 1 saturated heterocycles.